The van der Waals surface area contributed by atoms with Crippen molar-refractivity contribution in [2.24, 2.45) is 16.7 Å². The lowest BCUT2D eigenvalue weighted by Gasteiger charge is -2.35. The molecule has 90 valence electrons. The predicted molar refractivity (Wildman–Crippen MR) is 53.5 cm³/mol. The topological polar surface area (TPSA) is 91.3 Å². The Morgan fingerprint density at radius 2 is 1.94 bits per heavy atom. The summed E-state index contributed by atoms with van der Waals surface area (Å²) in [5, 5.41) is 0. The Balaban J connectivity index is 2.54. The molecular weight excluding hydrogens is 232 g/mol. The molecule has 2 saturated carbocycles. The van der Waals surface area contributed by atoms with Crippen molar-refractivity contribution in [1.29, 1.82) is 0 Å². The van der Waals surface area contributed by atoms with E-state index in [1.165, 1.54) is 0 Å². The van der Waals surface area contributed by atoms with Crippen LogP contribution in [0.5, 0.6) is 0 Å². The van der Waals surface area contributed by atoms with Crippen LogP contribution in [0.3, 0.4) is 0 Å². The molecule has 0 aromatic heterocycles. The second-order valence-corrected chi connectivity index (χ2v) is 6.69. The molecule has 6 heteroatoms. The minimum absolute atomic E-state index is 0.330. The van der Waals surface area contributed by atoms with Crippen molar-refractivity contribution in [2.45, 2.75) is 26.7 Å². The van der Waals surface area contributed by atoms with Crippen molar-refractivity contribution >= 4 is 21.7 Å². The summed E-state index contributed by atoms with van der Waals surface area (Å²) in [5.74, 6) is -2.32. The Morgan fingerprint density at radius 1 is 1.38 bits per heavy atom. The Hall–Kier alpha value is -0.750. The van der Waals surface area contributed by atoms with Gasteiger partial charge in [-0.1, -0.05) is 13.8 Å². The van der Waals surface area contributed by atoms with Gasteiger partial charge in [0.05, 0.1) is 21.3 Å². The van der Waals surface area contributed by atoms with Gasteiger partial charge in [-0.25, -0.2) is 8.42 Å². The lowest BCUT2D eigenvalue weighted by molar-refractivity contribution is -0.141. The molecule has 5 nitrogen and oxygen atoms in total. The highest BCUT2D eigenvalue weighted by molar-refractivity contribution is 7.85. The Labute approximate surface area is 94.0 Å². The van der Waals surface area contributed by atoms with Crippen molar-refractivity contribution in [3.05, 3.63) is 0 Å². The highest BCUT2D eigenvalue weighted by atomic mass is 32.2. The molecule has 2 bridgehead atoms. The van der Waals surface area contributed by atoms with E-state index in [0.717, 1.165) is 0 Å². The zero-order valence-corrected chi connectivity index (χ0v) is 9.96. The minimum atomic E-state index is -4.50. The van der Waals surface area contributed by atoms with Gasteiger partial charge in [0, 0.05) is 5.92 Å². The SMILES string of the molecule is CC1(C)[C@@H]2CC[C@@]1(CS(=O)(=O)[O-])C(=O)C2=O. The molecule has 0 radical (unpaired) electrons. The second-order valence-electron chi connectivity index (χ2n) is 5.29. The van der Waals surface area contributed by atoms with Gasteiger partial charge in [-0.15, -0.1) is 0 Å². The first kappa shape index (κ1) is 11.7. The van der Waals surface area contributed by atoms with E-state index in [1.807, 2.05) is 0 Å². The lowest BCUT2D eigenvalue weighted by atomic mass is 9.70. The van der Waals surface area contributed by atoms with Crippen molar-refractivity contribution in [3.63, 3.8) is 0 Å². The van der Waals surface area contributed by atoms with Crippen LogP contribution in [0.2, 0.25) is 0 Å². The van der Waals surface area contributed by atoms with Gasteiger partial charge >= 0.3 is 0 Å². The van der Waals surface area contributed by atoms with Crippen molar-refractivity contribution < 1.29 is 22.6 Å². The maximum atomic E-state index is 11.8. The van der Waals surface area contributed by atoms with Gasteiger partial charge in [0.1, 0.15) is 0 Å². The van der Waals surface area contributed by atoms with Crippen LogP contribution >= 0.6 is 0 Å². The maximum Gasteiger partial charge on any atom is 0.206 e. The van der Waals surface area contributed by atoms with Gasteiger partial charge in [-0.3, -0.25) is 9.59 Å². The van der Waals surface area contributed by atoms with Crippen LogP contribution in [-0.4, -0.2) is 30.3 Å². The fourth-order valence-corrected chi connectivity index (χ4v) is 4.54. The fourth-order valence-electron chi connectivity index (χ4n) is 3.29. The first-order chi connectivity index (χ1) is 7.12. The summed E-state index contributed by atoms with van der Waals surface area (Å²) in [6.07, 6.45) is 0.837. The third kappa shape index (κ3) is 1.23. The molecule has 0 aromatic rings. The van der Waals surface area contributed by atoms with E-state index in [1.54, 1.807) is 13.8 Å². The Kier molecular flexibility index (Phi) is 2.14. The van der Waals surface area contributed by atoms with Crippen LogP contribution in [0, 0.1) is 16.7 Å². The van der Waals surface area contributed by atoms with Gasteiger partial charge in [0.2, 0.25) is 11.6 Å². The molecule has 2 aliphatic rings. The van der Waals surface area contributed by atoms with E-state index in [9.17, 15) is 22.6 Å². The summed E-state index contributed by atoms with van der Waals surface area (Å²) in [6.45, 7) is 3.41. The van der Waals surface area contributed by atoms with Gasteiger partial charge in [-0.2, -0.15) is 0 Å². The summed E-state index contributed by atoms with van der Waals surface area (Å²) in [6, 6.07) is 0. The number of fused-ring (bicyclic) bond motifs is 2. The number of hydrogen-bond donors (Lipinski definition) is 0. The predicted octanol–water partition coefficient (Wildman–Crippen LogP) is 0.106. The zero-order valence-electron chi connectivity index (χ0n) is 9.15. The van der Waals surface area contributed by atoms with E-state index in [0.29, 0.717) is 12.8 Å². The molecule has 0 N–H and O–H groups in total. The third-order valence-electron chi connectivity index (χ3n) is 4.36. The Bertz CT molecular complexity index is 475. The molecule has 2 atom stereocenters. The molecular formula is C10H13O5S-. The third-order valence-corrected chi connectivity index (χ3v) is 5.21. The fraction of sp³-hybridized carbons (Fsp3) is 0.800. The quantitative estimate of drug-likeness (QED) is 0.508. The monoisotopic (exact) mass is 245 g/mol. The number of carbonyl (C=O) groups is 2. The summed E-state index contributed by atoms with van der Waals surface area (Å²) in [4.78, 5) is 23.5. The number of rotatable bonds is 2. The molecule has 0 saturated heterocycles. The summed E-state index contributed by atoms with van der Waals surface area (Å²) in [7, 11) is -4.50. The van der Waals surface area contributed by atoms with Crippen LogP contribution in [0.1, 0.15) is 26.7 Å². The van der Waals surface area contributed by atoms with Crippen LogP contribution in [-0.2, 0) is 19.7 Å². The second kappa shape index (κ2) is 2.92. The van der Waals surface area contributed by atoms with E-state index >= 15 is 0 Å². The molecule has 0 spiro atoms. The molecule has 0 aromatic carbocycles. The molecule has 2 aliphatic carbocycles. The molecule has 0 heterocycles. The molecule has 2 fully saturated rings. The molecule has 2 rings (SSSR count). The summed E-state index contributed by atoms with van der Waals surface area (Å²) < 4.78 is 32.7. The number of carbonyl (C=O) groups excluding carboxylic acids is 2. The van der Waals surface area contributed by atoms with Crippen molar-refractivity contribution in [1.82, 2.24) is 0 Å². The number of hydrogen-bond acceptors (Lipinski definition) is 5. The highest BCUT2D eigenvalue weighted by Gasteiger charge is 2.69. The normalized spacial score (nSPS) is 37.1. The number of ketones is 2. The highest BCUT2D eigenvalue weighted by Crippen LogP contribution is 2.62. The van der Waals surface area contributed by atoms with Gasteiger partial charge in [0.25, 0.3) is 0 Å². The van der Waals surface area contributed by atoms with E-state index in [2.05, 4.69) is 0 Å². The van der Waals surface area contributed by atoms with Crippen LogP contribution < -0.4 is 0 Å². The van der Waals surface area contributed by atoms with E-state index in [4.69, 9.17) is 0 Å². The average Bonchev–Trinajstić information content (AvgIpc) is 2.39. The smallest absolute Gasteiger partial charge is 0.206 e. The van der Waals surface area contributed by atoms with Gasteiger partial charge < -0.3 is 4.55 Å². The first-order valence-electron chi connectivity index (χ1n) is 5.14. The standard InChI is InChI=1S/C10H14O5S/c1-9(2)6-3-4-10(9,5-16(13,14)15)8(12)7(6)11/h6H,3-5H2,1-2H3,(H,13,14,15)/p-1/t6-,10-/m1/s1. The summed E-state index contributed by atoms with van der Waals surface area (Å²) >= 11 is 0. The van der Waals surface area contributed by atoms with E-state index in [-0.39, 0.29) is 0 Å². The largest absolute Gasteiger partial charge is 0.748 e. The maximum absolute atomic E-state index is 11.8. The Morgan fingerprint density at radius 3 is 2.31 bits per heavy atom. The summed E-state index contributed by atoms with van der Waals surface area (Å²) in [5.41, 5.74) is -1.98. The van der Waals surface area contributed by atoms with Crippen molar-refractivity contribution in [2.75, 3.05) is 5.75 Å². The van der Waals surface area contributed by atoms with Crippen LogP contribution in [0.4, 0.5) is 0 Å². The van der Waals surface area contributed by atoms with Gasteiger partial charge in [-0.05, 0) is 18.3 Å². The number of Topliss-reactive ketones (excluding diaryl/α,β-unsaturated/α-hetero) is 2. The van der Waals surface area contributed by atoms with Crippen molar-refractivity contribution in [3.8, 4) is 0 Å². The first-order valence-corrected chi connectivity index (χ1v) is 6.72. The van der Waals surface area contributed by atoms with E-state index < -0.39 is 44.2 Å². The molecule has 0 aliphatic heterocycles. The zero-order chi connectivity index (χ0) is 12.4. The minimum Gasteiger partial charge on any atom is -0.748 e. The molecule has 16 heavy (non-hydrogen) atoms. The van der Waals surface area contributed by atoms with Gasteiger partial charge in [0.15, 0.2) is 0 Å². The molecule has 0 amide bonds. The lowest BCUT2D eigenvalue weighted by Crippen LogP contribution is -2.43. The average molecular weight is 245 g/mol. The molecule has 0 unspecified atom stereocenters. The van der Waals surface area contributed by atoms with Crippen LogP contribution in [0.15, 0.2) is 0 Å². The van der Waals surface area contributed by atoms with Crippen LogP contribution in [0.25, 0.3) is 0 Å².